The molecule has 0 aliphatic heterocycles. The molecule has 0 aliphatic carbocycles. The van der Waals surface area contributed by atoms with Gasteiger partial charge < -0.3 is 5.32 Å². The minimum absolute atomic E-state index is 0.182. The van der Waals surface area contributed by atoms with Crippen molar-refractivity contribution in [1.29, 1.82) is 0 Å². The predicted molar refractivity (Wildman–Crippen MR) is 48.8 cm³/mol. The molecule has 0 heterocycles. The Hall–Kier alpha value is -0.600. The number of rotatable bonds is 4. The molecule has 0 amide bonds. The number of benzene rings is 1. The Kier molecular flexibility index (Phi) is 4.05. The molecule has 0 aliphatic rings. The van der Waals surface area contributed by atoms with Gasteiger partial charge in [0.25, 0.3) is 0 Å². The van der Waals surface area contributed by atoms with Crippen LogP contribution in [-0.4, -0.2) is 12.5 Å². The SMILES string of the molecule is Fc1cccc(CCNCCl)c1. The van der Waals surface area contributed by atoms with Crippen molar-refractivity contribution >= 4 is 11.6 Å². The minimum Gasteiger partial charge on any atom is -0.304 e. The van der Waals surface area contributed by atoms with E-state index in [0.29, 0.717) is 6.00 Å². The van der Waals surface area contributed by atoms with E-state index >= 15 is 0 Å². The number of halogens is 2. The average Bonchev–Trinajstić information content (AvgIpc) is 2.05. The Morgan fingerprint density at radius 3 is 2.92 bits per heavy atom. The van der Waals surface area contributed by atoms with Gasteiger partial charge in [0.05, 0.1) is 6.00 Å². The Bertz CT molecular complexity index is 240. The maximum absolute atomic E-state index is 12.6. The zero-order valence-corrected chi connectivity index (χ0v) is 7.44. The molecule has 0 aromatic heterocycles. The minimum atomic E-state index is -0.182. The van der Waals surface area contributed by atoms with Gasteiger partial charge in [0.1, 0.15) is 5.82 Å². The van der Waals surface area contributed by atoms with E-state index in [9.17, 15) is 4.39 Å². The van der Waals surface area contributed by atoms with Crippen LogP contribution < -0.4 is 5.32 Å². The van der Waals surface area contributed by atoms with Gasteiger partial charge in [-0.05, 0) is 24.1 Å². The zero-order chi connectivity index (χ0) is 8.81. The van der Waals surface area contributed by atoms with Crippen LogP contribution in [0.5, 0.6) is 0 Å². The highest BCUT2D eigenvalue weighted by Gasteiger charge is 1.93. The highest BCUT2D eigenvalue weighted by Crippen LogP contribution is 2.03. The van der Waals surface area contributed by atoms with E-state index in [4.69, 9.17) is 11.6 Å². The fourth-order valence-electron chi connectivity index (χ4n) is 0.992. The maximum Gasteiger partial charge on any atom is 0.123 e. The quantitative estimate of drug-likeness (QED) is 0.433. The van der Waals surface area contributed by atoms with Crippen LogP contribution in [0, 0.1) is 5.82 Å². The van der Waals surface area contributed by atoms with Crippen molar-refractivity contribution in [3.63, 3.8) is 0 Å². The monoisotopic (exact) mass is 187 g/mol. The van der Waals surface area contributed by atoms with Crippen LogP contribution in [0.4, 0.5) is 4.39 Å². The normalized spacial score (nSPS) is 10.2. The summed E-state index contributed by atoms with van der Waals surface area (Å²) in [6, 6.07) is 7.04. The van der Waals surface area contributed by atoms with Crippen molar-refractivity contribution in [2.45, 2.75) is 6.42 Å². The molecule has 0 unspecified atom stereocenters. The van der Waals surface area contributed by atoms with E-state index in [2.05, 4.69) is 5.32 Å². The van der Waals surface area contributed by atoms with Gasteiger partial charge in [0.2, 0.25) is 0 Å². The molecular weight excluding hydrogens is 177 g/mol. The Morgan fingerprint density at radius 2 is 2.25 bits per heavy atom. The van der Waals surface area contributed by atoms with Crippen LogP contribution in [0.3, 0.4) is 0 Å². The van der Waals surface area contributed by atoms with Crippen LogP contribution in [0.25, 0.3) is 0 Å². The molecule has 1 aromatic rings. The summed E-state index contributed by atoms with van der Waals surface area (Å²) in [5, 5.41) is 2.96. The molecule has 0 bridgehead atoms. The molecule has 0 atom stereocenters. The third kappa shape index (κ3) is 3.20. The van der Waals surface area contributed by atoms with E-state index in [0.717, 1.165) is 18.5 Å². The summed E-state index contributed by atoms with van der Waals surface area (Å²) in [5.74, 6) is -0.182. The van der Waals surface area contributed by atoms with Crippen molar-refractivity contribution in [3.8, 4) is 0 Å². The summed E-state index contributed by atoms with van der Waals surface area (Å²) in [6.45, 7) is 0.785. The first-order valence-corrected chi connectivity index (χ1v) is 4.37. The fraction of sp³-hybridized carbons (Fsp3) is 0.333. The lowest BCUT2D eigenvalue weighted by atomic mass is 10.1. The summed E-state index contributed by atoms with van der Waals surface area (Å²) < 4.78 is 12.6. The van der Waals surface area contributed by atoms with Gasteiger partial charge in [-0.3, -0.25) is 0 Å². The van der Waals surface area contributed by atoms with E-state index < -0.39 is 0 Å². The van der Waals surface area contributed by atoms with Gasteiger partial charge in [0.15, 0.2) is 0 Å². The van der Waals surface area contributed by atoms with Crippen LogP contribution >= 0.6 is 11.6 Å². The first-order valence-electron chi connectivity index (χ1n) is 3.84. The van der Waals surface area contributed by atoms with Crippen molar-refractivity contribution in [2.24, 2.45) is 0 Å². The van der Waals surface area contributed by atoms with Crippen molar-refractivity contribution in [3.05, 3.63) is 35.6 Å². The van der Waals surface area contributed by atoms with Crippen molar-refractivity contribution < 1.29 is 4.39 Å². The molecule has 1 rings (SSSR count). The number of nitrogens with one attached hydrogen (secondary N) is 1. The van der Waals surface area contributed by atoms with Crippen molar-refractivity contribution in [2.75, 3.05) is 12.5 Å². The first kappa shape index (κ1) is 9.49. The third-order valence-corrected chi connectivity index (χ3v) is 1.76. The Labute approximate surface area is 76.5 Å². The fourth-order valence-corrected chi connectivity index (χ4v) is 1.13. The standard InChI is InChI=1S/C9H11ClFN/c10-7-12-5-4-8-2-1-3-9(11)6-8/h1-3,6,12H,4-5,7H2. The van der Waals surface area contributed by atoms with Crippen molar-refractivity contribution in [1.82, 2.24) is 5.32 Å². The molecule has 0 radical (unpaired) electrons. The van der Waals surface area contributed by atoms with Crippen LogP contribution in [0.2, 0.25) is 0 Å². The molecular formula is C9H11ClFN. The van der Waals surface area contributed by atoms with Gasteiger partial charge in [-0.15, -0.1) is 11.6 Å². The Balaban J connectivity index is 2.41. The van der Waals surface area contributed by atoms with Gasteiger partial charge in [-0.2, -0.15) is 0 Å². The number of hydrogen-bond donors (Lipinski definition) is 1. The lowest BCUT2D eigenvalue weighted by molar-refractivity contribution is 0.624. The second-order valence-electron chi connectivity index (χ2n) is 2.51. The smallest absolute Gasteiger partial charge is 0.123 e. The third-order valence-electron chi connectivity index (χ3n) is 1.57. The predicted octanol–water partition coefficient (Wildman–Crippen LogP) is 2.15. The first-order chi connectivity index (χ1) is 5.83. The maximum atomic E-state index is 12.6. The molecule has 1 aromatic carbocycles. The van der Waals surface area contributed by atoms with E-state index in [1.54, 1.807) is 6.07 Å². The Morgan fingerprint density at radius 1 is 1.42 bits per heavy atom. The summed E-state index contributed by atoms with van der Waals surface area (Å²) in [7, 11) is 0. The highest BCUT2D eigenvalue weighted by atomic mass is 35.5. The van der Waals surface area contributed by atoms with E-state index in [-0.39, 0.29) is 5.82 Å². The van der Waals surface area contributed by atoms with Gasteiger partial charge in [0, 0.05) is 6.54 Å². The lowest BCUT2D eigenvalue weighted by Gasteiger charge is -2.00. The van der Waals surface area contributed by atoms with Crippen LogP contribution in [0.15, 0.2) is 24.3 Å². The van der Waals surface area contributed by atoms with Gasteiger partial charge >= 0.3 is 0 Å². The molecule has 0 spiro atoms. The van der Waals surface area contributed by atoms with Crippen LogP contribution in [0.1, 0.15) is 5.56 Å². The van der Waals surface area contributed by atoms with Crippen LogP contribution in [-0.2, 0) is 6.42 Å². The van der Waals surface area contributed by atoms with Gasteiger partial charge in [-0.25, -0.2) is 4.39 Å². The van der Waals surface area contributed by atoms with Gasteiger partial charge in [-0.1, -0.05) is 12.1 Å². The highest BCUT2D eigenvalue weighted by molar-refractivity contribution is 6.17. The van der Waals surface area contributed by atoms with E-state index in [1.807, 2.05) is 6.07 Å². The molecule has 0 fully saturated rings. The summed E-state index contributed by atoms with van der Waals surface area (Å²) in [4.78, 5) is 0. The molecule has 1 N–H and O–H groups in total. The summed E-state index contributed by atoms with van der Waals surface area (Å²) in [5.41, 5.74) is 0.993. The average molecular weight is 188 g/mol. The molecule has 1 nitrogen and oxygen atoms in total. The number of hydrogen-bond acceptors (Lipinski definition) is 1. The second-order valence-corrected chi connectivity index (χ2v) is 2.78. The molecule has 3 heteroatoms. The van der Waals surface area contributed by atoms with E-state index in [1.165, 1.54) is 12.1 Å². The molecule has 0 saturated heterocycles. The molecule has 12 heavy (non-hydrogen) atoms. The largest absolute Gasteiger partial charge is 0.304 e. The zero-order valence-electron chi connectivity index (χ0n) is 6.69. The molecule has 66 valence electrons. The second kappa shape index (κ2) is 5.12. The topological polar surface area (TPSA) is 12.0 Å². The number of alkyl halides is 1. The summed E-state index contributed by atoms with van der Waals surface area (Å²) >= 11 is 5.41. The molecule has 0 saturated carbocycles. The summed E-state index contributed by atoms with van der Waals surface area (Å²) in [6.07, 6.45) is 0.810. The lowest BCUT2D eigenvalue weighted by Crippen LogP contribution is -2.14.